The van der Waals surface area contributed by atoms with Crippen molar-refractivity contribution in [3.8, 4) is 11.5 Å². The zero-order chi connectivity index (χ0) is 26.4. The molecule has 3 aliphatic rings. The summed E-state index contributed by atoms with van der Waals surface area (Å²) in [6.07, 6.45) is 2.72. The van der Waals surface area contributed by atoms with E-state index in [-0.39, 0.29) is 11.3 Å². The van der Waals surface area contributed by atoms with Gasteiger partial charge in [-0.1, -0.05) is 78.9 Å². The van der Waals surface area contributed by atoms with E-state index in [9.17, 15) is 4.79 Å². The molecule has 0 saturated carbocycles. The number of rotatable bonds is 4. The van der Waals surface area contributed by atoms with Gasteiger partial charge in [-0.05, 0) is 59.3 Å². The molecule has 3 heterocycles. The van der Waals surface area contributed by atoms with Crippen LogP contribution in [0.5, 0.6) is 11.5 Å². The number of para-hydroxylation sites is 2. The van der Waals surface area contributed by atoms with E-state index in [0.29, 0.717) is 6.42 Å². The maximum Gasteiger partial charge on any atom is 0.321 e. The number of anilines is 1. The molecule has 0 aromatic heterocycles. The Labute approximate surface area is 231 Å². The zero-order valence-electron chi connectivity index (χ0n) is 21.2. The highest BCUT2D eigenvalue weighted by atomic mass is 32.2. The van der Waals surface area contributed by atoms with E-state index in [1.807, 2.05) is 102 Å². The maximum atomic E-state index is 13.9. The number of thioether (sulfide) groups is 1. The molecular formula is C32H25N3O3S. The number of ether oxygens (including phenoxy) is 2. The van der Waals surface area contributed by atoms with Crippen molar-refractivity contribution in [1.29, 1.82) is 0 Å². The second-order valence-corrected chi connectivity index (χ2v) is 10.5. The van der Waals surface area contributed by atoms with Gasteiger partial charge in [0, 0.05) is 12.0 Å². The van der Waals surface area contributed by atoms with Crippen LogP contribution in [-0.4, -0.2) is 28.9 Å². The van der Waals surface area contributed by atoms with Crippen LogP contribution in [0.2, 0.25) is 0 Å². The molecule has 6 nitrogen and oxygen atoms in total. The number of amides is 1. The molecule has 1 amide bonds. The van der Waals surface area contributed by atoms with Crippen LogP contribution in [0.4, 0.5) is 10.5 Å². The highest BCUT2D eigenvalue weighted by Crippen LogP contribution is 2.57. The number of methoxy groups -OCH3 is 1. The first-order valence-corrected chi connectivity index (χ1v) is 13.6. The van der Waals surface area contributed by atoms with E-state index < -0.39 is 5.85 Å². The minimum Gasteiger partial charge on any atom is -0.497 e. The summed E-state index contributed by atoms with van der Waals surface area (Å²) in [4.78, 5) is 16.4. The summed E-state index contributed by atoms with van der Waals surface area (Å²) in [6, 6.07) is 35.6. The Hall–Kier alpha value is -4.49. The summed E-state index contributed by atoms with van der Waals surface area (Å²) in [5.41, 5.74) is 4.75. The van der Waals surface area contributed by atoms with Gasteiger partial charge in [0.05, 0.1) is 29.5 Å². The molecule has 0 N–H and O–H groups in total. The lowest BCUT2D eigenvalue weighted by atomic mass is 9.95. The van der Waals surface area contributed by atoms with Crippen molar-refractivity contribution in [2.45, 2.75) is 18.3 Å². The molecule has 1 spiro atoms. The number of hydrazone groups is 1. The molecular weight excluding hydrogens is 506 g/mol. The third-order valence-corrected chi connectivity index (χ3v) is 8.25. The van der Waals surface area contributed by atoms with Crippen molar-refractivity contribution in [2.24, 2.45) is 5.10 Å². The maximum absolute atomic E-state index is 13.9. The van der Waals surface area contributed by atoms with Gasteiger partial charge in [-0.3, -0.25) is 4.79 Å². The largest absolute Gasteiger partial charge is 0.497 e. The van der Waals surface area contributed by atoms with Crippen LogP contribution < -0.4 is 14.4 Å². The van der Waals surface area contributed by atoms with Gasteiger partial charge in [0.2, 0.25) is 0 Å². The number of nitrogens with zero attached hydrogens (tertiary/aromatic N) is 3. The monoisotopic (exact) mass is 531 g/mol. The molecule has 7 rings (SSSR count). The van der Waals surface area contributed by atoms with Crippen molar-refractivity contribution in [1.82, 2.24) is 5.01 Å². The number of carbonyl (C=O) groups excluding carboxylic acids is 1. The first-order chi connectivity index (χ1) is 19.2. The van der Waals surface area contributed by atoms with Crippen LogP contribution in [0.25, 0.3) is 6.08 Å². The summed E-state index contributed by atoms with van der Waals surface area (Å²) in [6.45, 7) is 0. The molecule has 0 aliphatic carbocycles. The third kappa shape index (κ3) is 3.81. The molecule has 0 radical (unpaired) electrons. The molecule has 0 bridgehead atoms. The normalized spacial score (nSPS) is 22.5. The lowest BCUT2D eigenvalue weighted by Gasteiger charge is -2.49. The smallest absolute Gasteiger partial charge is 0.321 e. The molecule has 3 aliphatic heterocycles. The van der Waals surface area contributed by atoms with Crippen molar-refractivity contribution < 1.29 is 14.3 Å². The second kappa shape index (κ2) is 9.36. The molecule has 2 atom stereocenters. The van der Waals surface area contributed by atoms with Crippen molar-refractivity contribution in [3.63, 3.8) is 0 Å². The first-order valence-electron chi connectivity index (χ1n) is 12.8. The molecule has 1 saturated heterocycles. The van der Waals surface area contributed by atoms with E-state index in [0.717, 1.165) is 44.5 Å². The topological polar surface area (TPSA) is 54.4 Å². The summed E-state index contributed by atoms with van der Waals surface area (Å²) >= 11 is 1.18. The van der Waals surface area contributed by atoms with Gasteiger partial charge in [0.15, 0.2) is 0 Å². The van der Waals surface area contributed by atoms with Crippen LogP contribution in [0.3, 0.4) is 0 Å². The van der Waals surface area contributed by atoms with Crippen LogP contribution in [-0.2, 0) is 0 Å². The Morgan fingerprint density at radius 3 is 2.36 bits per heavy atom. The van der Waals surface area contributed by atoms with Crippen LogP contribution >= 0.6 is 11.8 Å². The zero-order valence-corrected chi connectivity index (χ0v) is 22.0. The summed E-state index contributed by atoms with van der Waals surface area (Å²) in [5, 5.41) is 7.08. The first kappa shape index (κ1) is 23.6. The summed E-state index contributed by atoms with van der Waals surface area (Å²) < 4.78 is 12.3. The Bertz CT molecular complexity index is 1610. The van der Waals surface area contributed by atoms with Gasteiger partial charge >= 0.3 is 5.85 Å². The predicted octanol–water partition coefficient (Wildman–Crippen LogP) is 7.31. The van der Waals surface area contributed by atoms with E-state index in [1.165, 1.54) is 11.8 Å². The van der Waals surface area contributed by atoms with Gasteiger partial charge in [0.25, 0.3) is 5.24 Å². The second-order valence-electron chi connectivity index (χ2n) is 9.55. The Morgan fingerprint density at radius 2 is 1.62 bits per heavy atom. The lowest BCUT2D eigenvalue weighted by molar-refractivity contribution is -0.0763. The standard InChI is InChI=1S/C32H25N3O3S/c1-37-25-18-16-22(17-19-25)20-30-32(34(31(36)39-30)24-12-6-3-7-13-24)35-28(26-14-8-9-15-29(26)38-32)21-27(33-35)23-10-4-2-5-11-23/h2-20,28H,21H2,1H3/b30-20-. The van der Waals surface area contributed by atoms with Crippen LogP contribution in [0, 0.1) is 0 Å². The number of hydrogen-bond acceptors (Lipinski definition) is 6. The summed E-state index contributed by atoms with van der Waals surface area (Å²) in [7, 11) is 1.65. The quantitative estimate of drug-likeness (QED) is 0.276. The third-order valence-electron chi connectivity index (χ3n) is 7.29. The van der Waals surface area contributed by atoms with Gasteiger partial charge in [-0.2, -0.15) is 5.10 Å². The molecule has 192 valence electrons. The van der Waals surface area contributed by atoms with Crippen molar-refractivity contribution in [3.05, 3.63) is 131 Å². The van der Waals surface area contributed by atoms with Gasteiger partial charge < -0.3 is 9.47 Å². The van der Waals surface area contributed by atoms with Gasteiger partial charge in [0.1, 0.15) is 11.5 Å². The molecule has 7 heteroatoms. The Kier molecular flexibility index (Phi) is 5.67. The number of benzene rings is 4. The molecule has 2 unspecified atom stereocenters. The van der Waals surface area contributed by atoms with Crippen LogP contribution in [0.1, 0.15) is 29.2 Å². The van der Waals surface area contributed by atoms with E-state index in [4.69, 9.17) is 14.6 Å². The average Bonchev–Trinajstić information content (AvgIpc) is 3.55. The average molecular weight is 532 g/mol. The highest BCUT2D eigenvalue weighted by molar-refractivity contribution is 8.17. The predicted molar refractivity (Wildman–Crippen MR) is 155 cm³/mol. The Balaban J connectivity index is 1.46. The number of carbonyl (C=O) groups is 1. The molecule has 4 aromatic rings. The lowest BCUT2D eigenvalue weighted by Crippen LogP contribution is -2.63. The highest BCUT2D eigenvalue weighted by Gasteiger charge is 2.63. The summed E-state index contributed by atoms with van der Waals surface area (Å²) in [5.74, 6) is 0.228. The minimum atomic E-state index is -1.29. The molecule has 4 aromatic carbocycles. The van der Waals surface area contributed by atoms with Crippen molar-refractivity contribution >= 4 is 34.5 Å². The minimum absolute atomic E-state index is 0.109. The fourth-order valence-corrected chi connectivity index (χ4v) is 6.53. The van der Waals surface area contributed by atoms with E-state index in [1.54, 1.807) is 12.0 Å². The van der Waals surface area contributed by atoms with Crippen LogP contribution in [0.15, 0.2) is 119 Å². The van der Waals surface area contributed by atoms with E-state index >= 15 is 0 Å². The number of hydrogen-bond donors (Lipinski definition) is 0. The van der Waals surface area contributed by atoms with E-state index in [2.05, 4.69) is 18.2 Å². The fourth-order valence-electron chi connectivity index (χ4n) is 5.47. The Morgan fingerprint density at radius 1 is 0.923 bits per heavy atom. The number of fused-ring (bicyclic) bond motifs is 4. The SMILES string of the molecule is COc1ccc(/C=C2\SC(=O)N(c3ccccc3)C23Oc2ccccc2C2CC(c4ccccc4)=NN23)cc1. The molecule has 1 fully saturated rings. The molecule has 39 heavy (non-hydrogen) atoms. The fraction of sp³-hybridized carbons (Fsp3) is 0.125. The van der Waals surface area contributed by atoms with Gasteiger partial charge in [-0.25, -0.2) is 9.91 Å². The van der Waals surface area contributed by atoms with Gasteiger partial charge in [-0.15, -0.1) is 0 Å². The van der Waals surface area contributed by atoms with Crippen molar-refractivity contribution in [2.75, 3.05) is 12.0 Å².